The quantitative estimate of drug-likeness (QED) is 0.674. The number of alkyl halides is 3. The van der Waals surface area contributed by atoms with E-state index in [1.807, 2.05) is 12.1 Å². The van der Waals surface area contributed by atoms with Crippen LogP contribution >= 0.6 is 0 Å². The lowest BCUT2D eigenvalue weighted by molar-refractivity contribution is -0.137. The van der Waals surface area contributed by atoms with E-state index in [0.717, 1.165) is 17.5 Å². The number of hydrogen-bond acceptors (Lipinski definition) is 4. The summed E-state index contributed by atoms with van der Waals surface area (Å²) < 4.78 is 62.1. The Morgan fingerprint density at radius 2 is 1.59 bits per heavy atom. The van der Waals surface area contributed by atoms with E-state index >= 15 is 0 Å². The number of sulfone groups is 1. The number of amides is 1. The summed E-state index contributed by atoms with van der Waals surface area (Å²) in [7, 11) is -4.28. The van der Waals surface area contributed by atoms with Gasteiger partial charge in [-0.3, -0.25) is 4.79 Å². The van der Waals surface area contributed by atoms with Gasteiger partial charge in [0.05, 0.1) is 10.5 Å². The molecule has 0 aliphatic rings. The molecule has 1 aromatic heterocycles. The lowest BCUT2D eigenvalue weighted by Crippen LogP contribution is -2.44. The minimum atomic E-state index is -4.59. The largest absolute Gasteiger partial charge is 0.416 e. The Hall–Kier alpha value is -2.94. The highest BCUT2D eigenvalue weighted by atomic mass is 32.2. The smallest absolute Gasteiger partial charge is 0.309 e. The van der Waals surface area contributed by atoms with Crippen molar-refractivity contribution >= 4 is 32.3 Å². The van der Waals surface area contributed by atoms with Crippen LogP contribution in [-0.4, -0.2) is 24.1 Å². The Morgan fingerprint density at radius 3 is 2.21 bits per heavy atom. The van der Waals surface area contributed by atoms with E-state index in [1.54, 1.807) is 18.2 Å². The van der Waals surface area contributed by atoms with Gasteiger partial charge in [-0.05, 0) is 49.6 Å². The van der Waals surface area contributed by atoms with Gasteiger partial charge in [-0.15, -0.1) is 0 Å². The van der Waals surface area contributed by atoms with E-state index in [0.29, 0.717) is 17.5 Å². The molecule has 0 radical (unpaired) electrons. The van der Waals surface area contributed by atoms with Crippen molar-refractivity contribution in [2.24, 2.45) is 0 Å². The van der Waals surface area contributed by atoms with Gasteiger partial charge in [0.15, 0.2) is 9.84 Å². The molecule has 5 nitrogen and oxygen atoms in total. The predicted molar refractivity (Wildman–Crippen MR) is 103 cm³/mol. The highest BCUT2D eigenvalue weighted by Gasteiger charge is 2.43. The number of halogens is 3. The van der Waals surface area contributed by atoms with Crippen LogP contribution in [0.25, 0.3) is 10.8 Å². The number of nitrogens with zero attached hydrogens (tertiary/aromatic N) is 1. The molecule has 1 heterocycles. The molecule has 0 unspecified atom stereocenters. The van der Waals surface area contributed by atoms with Crippen molar-refractivity contribution in [3.63, 3.8) is 0 Å². The third-order valence-corrected chi connectivity index (χ3v) is 7.04. The van der Waals surface area contributed by atoms with Gasteiger partial charge in [-0.25, -0.2) is 13.4 Å². The van der Waals surface area contributed by atoms with Crippen LogP contribution in [0.3, 0.4) is 0 Å². The van der Waals surface area contributed by atoms with Gasteiger partial charge < -0.3 is 5.32 Å². The normalized spacial score (nSPS) is 12.7. The lowest BCUT2D eigenvalue weighted by atomic mass is 10.1. The molecule has 9 heteroatoms. The van der Waals surface area contributed by atoms with Crippen LogP contribution in [-0.2, 0) is 20.8 Å². The molecule has 3 aromatic rings. The molecule has 1 N–H and O–H groups in total. The maximum absolute atomic E-state index is 12.9. The van der Waals surface area contributed by atoms with Crippen LogP contribution in [0.2, 0.25) is 0 Å². The Morgan fingerprint density at radius 1 is 0.966 bits per heavy atom. The van der Waals surface area contributed by atoms with Gasteiger partial charge in [0, 0.05) is 11.6 Å². The number of fused-ring (bicyclic) bond motifs is 1. The minimum absolute atomic E-state index is 0.198. The standard InChI is InChI=1S/C20H17F3N2O3S/c1-19(2,29(27,28)15-9-7-14(8-10-15)20(21,22)23)18(26)25-17-16-6-4-3-5-13(16)11-12-24-17/h3-12H,1-2H3,(H,24,25,26). The van der Waals surface area contributed by atoms with Crippen LogP contribution in [0.1, 0.15) is 19.4 Å². The van der Waals surface area contributed by atoms with E-state index in [1.165, 1.54) is 20.0 Å². The Bertz CT molecular complexity index is 1170. The van der Waals surface area contributed by atoms with E-state index in [2.05, 4.69) is 10.3 Å². The summed E-state index contributed by atoms with van der Waals surface area (Å²) in [6.07, 6.45) is -3.11. The Labute approximate surface area is 165 Å². The molecule has 0 bridgehead atoms. The fourth-order valence-corrected chi connectivity index (χ4v) is 4.10. The molecule has 0 saturated heterocycles. The number of nitrogens with one attached hydrogen (secondary N) is 1. The third kappa shape index (κ3) is 3.82. The maximum Gasteiger partial charge on any atom is 0.416 e. The van der Waals surface area contributed by atoms with Crippen molar-refractivity contribution in [2.75, 3.05) is 5.32 Å². The number of pyridine rings is 1. The molecule has 2 aromatic carbocycles. The molecule has 29 heavy (non-hydrogen) atoms. The summed E-state index contributed by atoms with van der Waals surface area (Å²) in [5.74, 6) is -0.648. The highest BCUT2D eigenvalue weighted by molar-refractivity contribution is 7.93. The van der Waals surface area contributed by atoms with E-state index in [4.69, 9.17) is 0 Å². The van der Waals surface area contributed by atoms with E-state index < -0.39 is 32.2 Å². The molecule has 0 aliphatic carbocycles. The maximum atomic E-state index is 12.9. The Balaban J connectivity index is 1.93. The summed E-state index contributed by atoms with van der Waals surface area (Å²) in [6, 6.07) is 11.9. The number of carbonyl (C=O) groups is 1. The van der Waals surface area contributed by atoms with Gasteiger partial charge in [0.2, 0.25) is 5.91 Å². The zero-order valence-corrected chi connectivity index (χ0v) is 16.3. The fourth-order valence-electron chi connectivity index (χ4n) is 2.72. The lowest BCUT2D eigenvalue weighted by Gasteiger charge is -2.24. The number of benzene rings is 2. The molecular weight excluding hydrogens is 405 g/mol. The summed E-state index contributed by atoms with van der Waals surface area (Å²) in [5, 5.41) is 3.96. The Kier molecular flexibility index (Phi) is 5.12. The molecular formula is C20H17F3N2O3S. The van der Waals surface area contributed by atoms with Crippen LogP contribution < -0.4 is 5.32 Å². The molecule has 0 atom stereocenters. The van der Waals surface area contributed by atoms with Crippen molar-refractivity contribution in [3.8, 4) is 0 Å². The number of rotatable bonds is 4. The number of hydrogen-bond donors (Lipinski definition) is 1. The highest BCUT2D eigenvalue weighted by Crippen LogP contribution is 2.32. The van der Waals surface area contributed by atoms with Gasteiger partial charge in [0.1, 0.15) is 10.6 Å². The first-order valence-electron chi connectivity index (χ1n) is 8.52. The molecule has 3 rings (SSSR count). The summed E-state index contributed by atoms with van der Waals surface area (Å²) in [5.41, 5.74) is -0.973. The molecule has 0 spiro atoms. The second-order valence-corrected chi connectivity index (χ2v) is 9.37. The first-order chi connectivity index (χ1) is 13.4. The number of aromatic nitrogens is 1. The van der Waals surface area contributed by atoms with Crippen molar-refractivity contribution < 1.29 is 26.4 Å². The molecule has 0 aliphatic heterocycles. The molecule has 1 amide bonds. The van der Waals surface area contributed by atoms with Gasteiger partial charge in [-0.2, -0.15) is 13.2 Å². The molecule has 0 fully saturated rings. The molecule has 0 saturated carbocycles. The third-order valence-electron chi connectivity index (χ3n) is 4.62. The monoisotopic (exact) mass is 422 g/mol. The zero-order valence-electron chi connectivity index (χ0n) is 15.5. The van der Waals surface area contributed by atoms with Crippen LogP contribution in [0, 0.1) is 0 Å². The van der Waals surface area contributed by atoms with Crippen molar-refractivity contribution in [2.45, 2.75) is 29.7 Å². The van der Waals surface area contributed by atoms with E-state index in [-0.39, 0.29) is 10.7 Å². The van der Waals surface area contributed by atoms with E-state index in [9.17, 15) is 26.4 Å². The van der Waals surface area contributed by atoms with Crippen molar-refractivity contribution in [1.82, 2.24) is 4.98 Å². The molecule has 152 valence electrons. The van der Waals surface area contributed by atoms with Gasteiger partial charge in [0.25, 0.3) is 0 Å². The summed E-state index contributed by atoms with van der Waals surface area (Å²) in [4.78, 5) is 16.5. The zero-order chi connectivity index (χ0) is 21.4. The number of anilines is 1. The number of carbonyl (C=O) groups excluding carboxylic acids is 1. The van der Waals surface area contributed by atoms with Crippen LogP contribution in [0.15, 0.2) is 65.7 Å². The topological polar surface area (TPSA) is 76.1 Å². The van der Waals surface area contributed by atoms with Crippen LogP contribution in [0.5, 0.6) is 0 Å². The predicted octanol–water partition coefficient (Wildman–Crippen LogP) is 4.44. The average molecular weight is 422 g/mol. The average Bonchev–Trinajstić information content (AvgIpc) is 2.67. The minimum Gasteiger partial charge on any atom is -0.309 e. The first-order valence-corrected chi connectivity index (χ1v) is 10.00. The van der Waals surface area contributed by atoms with Crippen molar-refractivity contribution in [1.29, 1.82) is 0 Å². The second kappa shape index (κ2) is 7.14. The van der Waals surface area contributed by atoms with Crippen molar-refractivity contribution in [3.05, 3.63) is 66.4 Å². The first kappa shape index (κ1) is 20.8. The van der Waals surface area contributed by atoms with Gasteiger partial charge in [-0.1, -0.05) is 24.3 Å². The summed E-state index contributed by atoms with van der Waals surface area (Å²) in [6.45, 7) is 2.39. The summed E-state index contributed by atoms with van der Waals surface area (Å²) >= 11 is 0. The SMILES string of the molecule is CC(C)(C(=O)Nc1nccc2ccccc12)S(=O)(=O)c1ccc(C(F)(F)F)cc1. The van der Waals surface area contributed by atoms with Gasteiger partial charge >= 0.3 is 6.18 Å². The van der Waals surface area contributed by atoms with Crippen LogP contribution in [0.4, 0.5) is 19.0 Å². The fraction of sp³-hybridized carbons (Fsp3) is 0.200. The second-order valence-electron chi connectivity index (χ2n) is 6.87.